The minimum absolute atomic E-state index is 0.0362. The molecule has 1 rings (SSSR count). The second-order valence-electron chi connectivity index (χ2n) is 3.00. The van der Waals surface area contributed by atoms with E-state index in [1.807, 2.05) is 0 Å². The second kappa shape index (κ2) is 4.63. The van der Waals surface area contributed by atoms with Crippen LogP contribution in [0.15, 0.2) is 20.4 Å². The Bertz CT molecular complexity index is 434. The highest BCUT2D eigenvalue weighted by molar-refractivity contribution is 6.00. The molecule has 82 valence electrons. The predicted octanol–water partition coefficient (Wildman–Crippen LogP) is 1.41. The molecular formula is C10H13NO4. The minimum Gasteiger partial charge on any atom is -0.507 e. The van der Waals surface area contributed by atoms with Gasteiger partial charge >= 0.3 is 5.63 Å². The third-order valence-electron chi connectivity index (χ3n) is 1.75. The molecule has 1 aromatic rings. The smallest absolute Gasteiger partial charge is 0.348 e. The lowest BCUT2D eigenvalue weighted by Crippen LogP contribution is -2.13. The summed E-state index contributed by atoms with van der Waals surface area (Å²) in [4.78, 5) is 16.2. The minimum atomic E-state index is -0.617. The van der Waals surface area contributed by atoms with Gasteiger partial charge in [0.1, 0.15) is 23.7 Å². The Kier molecular flexibility index (Phi) is 3.49. The maximum Gasteiger partial charge on any atom is 0.348 e. The van der Waals surface area contributed by atoms with E-state index in [0.717, 1.165) is 0 Å². The number of aryl methyl sites for hydroxylation is 1. The molecule has 0 aliphatic rings. The van der Waals surface area contributed by atoms with Gasteiger partial charge in [0.25, 0.3) is 0 Å². The Morgan fingerprint density at radius 3 is 2.87 bits per heavy atom. The van der Waals surface area contributed by atoms with Crippen molar-refractivity contribution in [2.45, 2.75) is 20.8 Å². The van der Waals surface area contributed by atoms with Crippen molar-refractivity contribution in [2.24, 2.45) is 5.16 Å². The molecule has 0 bridgehead atoms. The van der Waals surface area contributed by atoms with Gasteiger partial charge in [-0.05, 0) is 20.8 Å². The van der Waals surface area contributed by atoms with Gasteiger partial charge in [-0.1, -0.05) is 5.16 Å². The summed E-state index contributed by atoms with van der Waals surface area (Å²) in [5.41, 5.74) is -0.286. The van der Waals surface area contributed by atoms with Gasteiger partial charge in [0.15, 0.2) is 0 Å². The van der Waals surface area contributed by atoms with Gasteiger partial charge in [0.05, 0.1) is 5.71 Å². The second-order valence-corrected chi connectivity index (χ2v) is 3.00. The number of aromatic hydroxyl groups is 1. The molecule has 1 heterocycles. The van der Waals surface area contributed by atoms with Gasteiger partial charge in [-0.15, -0.1) is 0 Å². The summed E-state index contributed by atoms with van der Waals surface area (Å²) in [5.74, 6) is 0.204. The molecule has 0 aliphatic carbocycles. The van der Waals surface area contributed by atoms with Crippen molar-refractivity contribution in [1.29, 1.82) is 0 Å². The van der Waals surface area contributed by atoms with Crippen LogP contribution in [0.1, 0.15) is 25.2 Å². The molecule has 15 heavy (non-hydrogen) atoms. The van der Waals surface area contributed by atoms with Crippen molar-refractivity contribution in [3.8, 4) is 5.75 Å². The molecule has 1 N–H and O–H groups in total. The fourth-order valence-electron chi connectivity index (χ4n) is 1.14. The van der Waals surface area contributed by atoms with E-state index >= 15 is 0 Å². The molecule has 0 unspecified atom stereocenters. The quantitative estimate of drug-likeness (QED) is 0.606. The molecule has 0 saturated heterocycles. The van der Waals surface area contributed by atoms with Crippen LogP contribution in [0.4, 0.5) is 0 Å². The Morgan fingerprint density at radius 2 is 2.33 bits per heavy atom. The first-order valence-electron chi connectivity index (χ1n) is 4.57. The van der Waals surface area contributed by atoms with Crippen molar-refractivity contribution in [3.05, 3.63) is 27.8 Å². The van der Waals surface area contributed by atoms with Crippen molar-refractivity contribution in [3.63, 3.8) is 0 Å². The van der Waals surface area contributed by atoms with Gasteiger partial charge in [0.2, 0.25) is 0 Å². The SMILES string of the molecule is CCO/N=C(\C)c1c(O)cc(C)oc1=O. The lowest BCUT2D eigenvalue weighted by molar-refractivity contribution is 0.158. The van der Waals surface area contributed by atoms with Gasteiger partial charge < -0.3 is 14.4 Å². The third-order valence-corrected chi connectivity index (χ3v) is 1.75. The maximum absolute atomic E-state index is 11.4. The fourth-order valence-corrected chi connectivity index (χ4v) is 1.14. The number of nitrogens with zero attached hydrogens (tertiary/aromatic N) is 1. The van der Waals surface area contributed by atoms with Crippen LogP contribution in [-0.4, -0.2) is 17.4 Å². The molecule has 1 aromatic heterocycles. The average Bonchev–Trinajstić information content (AvgIpc) is 2.12. The van der Waals surface area contributed by atoms with E-state index in [4.69, 9.17) is 9.25 Å². The molecule has 0 spiro atoms. The molecule has 0 aromatic carbocycles. The van der Waals surface area contributed by atoms with Crippen LogP contribution in [0.25, 0.3) is 0 Å². The van der Waals surface area contributed by atoms with Crippen molar-refractivity contribution in [1.82, 2.24) is 0 Å². The lowest BCUT2D eigenvalue weighted by atomic mass is 10.2. The number of hydrogen-bond acceptors (Lipinski definition) is 5. The van der Waals surface area contributed by atoms with Crippen LogP contribution < -0.4 is 5.63 Å². The summed E-state index contributed by atoms with van der Waals surface area (Å²) in [7, 11) is 0. The number of oxime groups is 1. The zero-order valence-electron chi connectivity index (χ0n) is 8.90. The molecule has 0 aliphatic heterocycles. The Hall–Kier alpha value is -1.78. The summed E-state index contributed by atoms with van der Waals surface area (Å²) in [6.45, 7) is 5.32. The Balaban J connectivity index is 3.20. The third kappa shape index (κ3) is 2.59. The monoisotopic (exact) mass is 211 g/mol. The first-order chi connectivity index (χ1) is 7.06. The van der Waals surface area contributed by atoms with Crippen LogP contribution in [-0.2, 0) is 4.84 Å². The molecule has 0 amide bonds. The maximum atomic E-state index is 11.4. The van der Waals surface area contributed by atoms with E-state index in [1.165, 1.54) is 6.07 Å². The lowest BCUT2D eigenvalue weighted by Gasteiger charge is -2.02. The molecule has 0 fully saturated rings. The molecule has 0 saturated carbocycles. The van der Waals surface area contributed by atoms with Gasteiger partial charge in [-0.25, -0.2) is 4.79 Å². The number of rotatable bonds is 3. The van der Waals surface area contributed by atoms with Gasteiger partial charge in [-0.2, -0.15) is 0 Å². The average molecular weight is 211 g/mol. The first kappa shape index (κ1) is 11.3. The van der Waals surface area contributed by atoms with Crippen LogP contribution in [0.3, 0.4) is 0 Å². The van der Waals surface area contributed by atoms with E-state index in [-0.39, 0.29) is 11.3 Å². The molecule has 0 radical (unpaired) electrons. The summed E-state index contributed by atoms with van der Waals surface area (Å²) < 4.78 is 4.84. The van der Waals surface area contributed by atoms with Crippen LogP contribution in [0, 0.1) is 6.92 Å². The van der Waals surface area contributed by atoms with Crippen molar-refractivity contribution < 1.29 is 14.4 Å². The predicted molar refractivity (Wildman–Crippen MR) is 55.2 cm³/mol. The highest BCUT2D eigenvalue weighted by Gasteiger charge is 2.13. The summed E-state index contributed by atoms with van der Waals surface area (Å²) in [6.07, 6.45) is 0. The molecule has 0 atom stereocenters. The van der Waals surface area contributed by atoms with Crippen molar-refractivity contribution >= 4 is 5.71 Å². The van der Waals surface area contributed by atoms with E-state index in [1.54, 1.807) is 20.8 Å². The molecule has 5 heteroatoms. The van der Waals surface area contributed by atoms with Gasteiger partial charge in [-0.3, -0.25) is 0 Å². The zero-order valence-corrected chi connectivity index (χ0v) is 8.90. The first-order valence-corrected chi connectivity index (χ1v) is 4.57. The fraction of sp³-hybridized carbons (Fsp3) is 0.400. The highest BCUT2D eigenvalue weighted by atomic mass is 16.6. The van der Waals surface area contributed by atoms with E-state index in [0.29, 0.717) is 18.1 Å². The summed E-state index contributed by atoms with van der Waals surface area (Å²) in [6, 6.07) is 1.36. The zero-order chi connectivity index (χ0) is 11.4. The topological polar surface area (TPSA) is 72.0 Å². The highest BCUT2D eigenvalue weighted by Crippen LogP contribution is 2.15. The van der Waals surface area contributed by atoms with Crippen molar-refractivity contribution in [2.75, 3.05) is 6.61 Å². The van der Waals surface area contributed by atoms with Crippen LogP contribution in [0.5, 0.6) is 5.75 Å². The van der Waals surface area contributed by atoms with Gasteiger partial charge in [0, 0.05) is 6.07 Å². The molecule has 5 nitrogen and oxygen atoms in total. The largest absolute Gasteiger partial charge is 0.507 e. The van der Waals surface area contributed by atoms with Crippen LogP contribution >= 0.6 is 0 Å². The van der Waals surface area contributed by atoms with Crippen LogP contribution in [0.2, 0.25) is 0 Å². The normalized spacial score (nSPS) is 11.5. The Morgan fingerprint density at radius 1 is 1.67 bits per heavy atom. The van der Waals surface area contributed by atoms with E-state index in [9.17, 15) is 9.90 Å². The number of hydrogen-bond donors (Lipinski definition) is 1. The Labute approximate surface area is 87.0 Å². The molecular weight excluding hydrogens is 198 g/mol. The summed E-state index contributed by atoms with van der Waals surface area (Å²) >= 11 is 0. The standard InChI is InChI=1S/C10H13NO4/c1-4-14-11-7(3)9-8(12)5-6(2)15-10(9)13/h5,12H,4H2,1-3H3/b11-7+. The van der Waals surface area contributed by atoms with E-state index < -0.39 is 5.63 Å². The van der Waals surface area contributed by atoms with E-state index in [2.05, 4.69) is 5.16 Å². The summed E-state index contributed by atoms with van der Waals surface area (Å²) in [5, 5.41) is 13.2.